The van der Waals surface area contributed by atoms with E-state index in [-0.39, 0.29) is 16.9 Å². The van der Waals surface area contributed by atoms with E-state index >= 15 is 0 Å². The standard InChI is InChI=1S/C15H10O7/c16-9-3-1-8(2-4-9)11-7-22-14(15(20)21)10(13(11)19)5-6-12(17)18/h1-7,16H,(H,17,18)(H,20,21). The van der Waals surface area contributed by atoms with E-state index in [2.05, 4.69) is 0 Å². The van der Waals surface area contributed by atoms with Crippen molar-refractivity contribution in [3.8, 4) is 16.9 Å². The first-order valence-electron chi connectivity index (χ1n) is 5.99. The predicted octanol–water partition coefficient (Wildman–Crippen LogP) is 1.81. The number of hydrogen-bond acceptors (Lipinski definition) is 5. The van der Waals surface area contributed by atoms with Crippen LogP contribution in [0.3, 0.4) is 0 Å². The Morgan fingerprint density at radius 2 is 1.73 bits per heavy atom. The van der Waals surface area contributed by atoms with Crippen molar-refractivity contribution in [3.05, 3.63) is 58.2 Å². The molecule has 0 unspecified atom stereocenters. The Kier molecular flexibility index (Phi) is 4.08. The average Bonchev–Trinajstić information content (AvgIpc) is 2.46. The van der Waals surface area contributed by atoms with Gasteiger partial charge in [-0.05, 0) is 23.8 Å². The quantitative estimate of drug-likeness (QED) is 0.735. The highest BCUT2D eigenvalue weighted by atomic mass is 16.4. The third-order valence-corrected chi connectivity index (χ3v) is 2.79. The van der Waals surface area contributed by atoms with Crippen LogP contribution in [0.2, 0.25) is 0 Å². The molecule has 0 spiro atoms. The van der Waals surface area contributed by atoms with Crippen LogP contribution in [0.15, 0.2) is 45.8 Å². The second-order valence-corrected chi connectivity index (χ2v) is 4.24. The van der Waals surface area contributed by atoms with Gasteiger partial charge < -0.3 is 19.7 Å². The Labute approximate surface area is 123 Å². The molecule has 0 saturated heterocycles. The highest BCUT2D eigenvalue weighted by Crippen LogP contribution is 2.21. The first kappa shape index (κ1) is 15.0. The van der Waals surface area contributed by atoms with Gasteiger partial charge in [0.15, 0.2) is 0 Å². The third-order valence-electron chi connectivity index (χ3n) is 2.79. The molecule has 0 amide bonds. The Balaban J connectivity index is 2.66. The average molecular weight is 302 g/mol. The monoisotopic (exact) mass is 302 g/mol. The predicted molar refractivity (Wildman–Crippen MR) is 75.7 cm³/mol. The molecular weight excluding hydrogens is 292 g/mol. The fourth-order valence-electron chi connectivity index (χ4n) is 1.79. The number of phenolic OH excluding ortho intramolecular Hbond substituents is 1. The van der Waals surface area contributed by atoms with E-state index in [1.807, 2.05) is 0 Å². The second-order valence-electron chi connectivity index (χ2n) is 4.24. The molecule has 3 N–H and O–H groups in total. The van der Waals surface area contributed by atoms with Crippen LogP contribution >= 0.6 is 0 Å². The van der Waals surface area contributed by atoms with Crippen molar-refractivity contribution in [2.75, 3.05) is 0 Å². The second kappa shape index (κ2) is 5.96. The number of aromatic carboxylic acids is 1. The summed E-state index contributed by atoms with van der Waals surface area (Å²) in [6, 6.07) is 5.61. The summed E-state index contributed by atoms with van der Waals surface area (Å²) in [7, 11) is 0. The van der Waals surface area contributed by atoms with Crippen molar-refractivity contribution < 1.29 is 29.3 Å². The Bertz CT molecular complexity index is 813. The molecule has 0 fully saturated rings. The van der Waals surface area contributed by atoms with Gasteiger partial charge in [0.2, 0.25) is 11.2 Å². The molecule has 0 aliphatic carbocycles. The van der Waals surface area contributed by atoms with Crippen LogP contribution in [0, 0.1) is 0 Å². The number of carbonyl (C=O) groups is 2. The zero-order chi connectivity index (χ0) is 16.3. The summed E-state index contributed by atoms with van der Waals surface area (Å²) in [5.41, 5.74) is -0.615. The Morgan fingerprint density at radius 3 is 2.27 bits per heavy atom. The van der Waals surface area contributed by atoms with Crippen LogP contribution < -0.4 is 5.43 Å². The maximum atomic E-state index is 12.4. The van der Waals surface area contributed by atoms with Crippen LogP contribution in [0.5, 0.6) is 5.75 Å². The zero-order valence-corrected chi connectivity index (χ0v) is 11.0. The summed E-state index contributed by atoms with van der Waals surface area (Å²) in [6.07, 6.45) is 2.51. The third kappa shape index (κ3) is 3.04. The van der Waals surface area contributed by atoms with Gasteiger partial charge in [0.1, 0.15) is 12.0 Å². The summed E-state index contributed by atoms with van der Waals surface area (Å²) < 4.78 is 4.94. The number of rotatable bonds is 4. The van der Waals surface area contributed by atoms with E-state index < -0.39 is 23.1 Å². The van der Waals surface area contributed by atoms with Gasteiger partial charge in [-0.2, -0.15) is 0 Å². The summed E-state index contributed by atoms with van der Waals surface area (Å²) >= 11 is 0. The fourth-order valence-corrected chi connectivity index (χ4v) is 1.79. The van der Waals surface area contributed by atoms with Gasteiger partial charge in [-0.25, -0.2) is 9.59 Å². The first-order valence-corrected chi connectivity index (χ1v) is 5.99. The minimum absolute atomic E-state index is 0.00119. The highest BCUT2D eigenvalue weighted by Gasteiger charge is 2.18. The molecular formula is C15H10O7. The number of carboxylic acid groups (broad SMARTS) is 2. The van der Waals surface area contributed by atoms with Crippen molar-refractivity contribution in [2.45, 2.75) is 0 Å². The molecule has 0 aliphatic heterocycles. The van der Waals surface area contributed by atoms with Gasteiger partial charge in [-0.15, -0.1) is 0 Å². The minimum Gasteiger partial charge on any atom is -0.508 e. The number of aromatic hydroxyl groups is 1. The number of benzene rings is 1. The number of aliphatic carboxylic acids is 1. The normalized spacial score (nSPS) is 10.7. The fraction of sp³-hybridized carbons (Fsp3) is 0. The highest BCUT2D eigenvalue weighted by molar-refractivity contribution is 5.92. The van der Waals surface area contributed by atoms with Gasteiger partial charge in [0.25, 0.3) is 0 Å². The lowest BCUT2D eigenvalue weighted by Gasteiger charge is -2.04. The van der Waals surface area contributed by atoms with E-state index in [1.165, 1.54) is 24.3 Å². The van der Waals surface area contributed by atoms with Crippen LogP contribution in [0.25, 0.3) is 17.2 Å². The molecule has 0 aliphatic rings. The van der Waals surface area contributed by atoms with E-state index in [0.29, 0.717) is 11.6 Å². The molecule has 0 atom stereocenters. The van der Waals surface area contributed by atoms with Gasteiger partial charge in [-0.1, -0.05) is 12.1 Å². The van der Waals surface area contributed by atoms with Crippen molar-refractivity contribution >= 4 is 18.0 Å². The maximum Gasteiger partial charge on any atom is 0.372 e. The SMILES string of the molecule is O=C(O)C=Cc1c(C(=O)O)occ(-c2ccc(O)cc2)c1=O. The topological polar surface area (TPSA) is 125 Å². The van der Waals surface area contributed by atoms with Gasteiger partial charge in [0, 0.05) is 6.08 Å². The summed E-state index contributed by atoms with van der Waals surface area (Å²) in [5, 5.41) is 26.9. The maximum absolute atomic E-state index is 12.4. The van der Waals surface area contributed by atoms with E-state index in [0.717, 1.165) is 12.3 Å². The van der Waals surface area contributed by atoms with Crippen molar-refractivity contribution in [3.63, 3.8) is 0 Å². The van der Waals surface area contributed by atoms with Crippen molar-refractivity contribution in [2.24, 2.45) is 0 Å². The molecule has 1 aromatic heterocycles. The Morgan fingerprint density at radius 1 is 1.09 bits per heavy atom. The number of hydrogen-bond donors (Lipinski definition) is 3. The smallest absolute Gasteiger partial charge is 0.372 e. The Hall–Kier alpha value is -3.35. The van der Waals surface area contributed by atoms with Crippen molar-refractivity contribution in [1.82, 2.24) is 0 Å². The molecule has 2 aromatic rings. The summed E-state index contributed by atoms with van der Waals surface area (Å²) in [5.74, 6) is -3.46. The van der Waals surface area contributed by atoms with E-state index in [1.54, 1.807) is 0 Å². The lowest BCUT2D eigenvalue weighted by atomic mass is 10.0. The largest absolute Gasteiger partial charge is 0.508 e. The molecule has 112 valence electrons. The molecule has 1 heterocycles. The molecule has 2 rings (SSSR count). The molecule has 0 saturated carbocycles. The number of carboxylic acids is 2. The number of phenols is 1. The van der Waals surface area contributed by atoms with Crippen LogP contribution in [-0.2, 0) is 4.79 Å². The van der Waals surface area contributed by atoms with Crippen LogP contribution in [0.1, 0.15) is 16.1 Å². The lowest BCUT2D eigenvalue weighted by Crippen LogP contribution is -2.14. The zero-order valence-electron chi connectivity index (χ0n) is 11.0. The summed E-state index contributed by atoms with van der Waals surface area (Å²) in [4.78, 5) is 34.0. The van der Waals surface area contributed by atoms with Crippen LogP contribution in [-0.4, -0.2) is 27.3 Å². The summed E-state index contributed by atoms with van der Waals surface area (Å²) in [6.45, 7) is 0. The lowest BCUT2D eigenvalue weighted by molar-refractivity contribution is -0.131. The van der Waals surface area contributed by atoms with Crippen LogP contribution in [0.4, 0.5) is 0 Å². The van der Waals surface area contributed by atoms with E-state index in [4.69, 9.17) is 14.6 Å². The first-order chi connectivity index (χ1) is 10.4. The van der Waals surface area contributed by atoms with Gasteiger partial charge in [-0.3, -0.25) is 4.79 Å². The molecule has 0 radical (unpaired) electrons. The van der Waals surface area contributed by atoms with Gasteiger partial charge >= 0.3 is 11.9 Å². The molecule has 22 heavy (non-hydrogen) atoms. The minimum atomic E-state index is -1.49. The van der Waals surface area contributed by atoms with Crippen molar-refractivity contribution in [1.29, 1.82) is 0 Å². The van der Waals surface area contributed by atoms with E-state index in [9.17, 15) is 19.5 Å². The molecule has 7 heteroatoms. The molecule has 1 aromatic carbocycles. The molecule has 0 bridgehead atoms. The molecule has 7 nitrogen and oxygen atoms in total. The van der Waals surface area contributed by atoms with Gasteiger partial charge in [0.05, 0.1) is 11.1 Å².